The lowest BCUT2D eigenvalue weighted by Crippen LogP contribution is -2.31. The van der Waals surface area contributed by atoms with Gasteiger partial charge in [0.2, 0.25) is 0 Å². The minimum absolute atomic E-state index is 0.321. The van der Waals surface area contributed by atoms with E-state index >= 15 is 0 Å². The van der Waals surface area contributed by atoms with E-state index < -0.39 is 32.1 Å². The zero-order chi connectivity index (χ0) is 9.64. The molecule has 2 saturated heterocycles. The zero-order valence-electron chi connectivity index (χ0n) is 6.57. The molecule has 2 heterocycles. The molecule has 0 bridgehead atoms. The monoisotopic (exact) mass is 206 g/mol. The number of phosphoric ester groups is 1. The van der Waals surface area contributed by atoms with E-state index in [9.17, 15) is 4.57 Å². The van der Waals surface area contributed by atoms with Gasteiger partial charge in [-0.1, -0.05) is 0 Å². The average Bonchev–Trinajstić information content (AvgIpc) is 2.47. The molecule has 0 aromatic heterocycles. The van der Waals surface area contributed by atoms with Crippen LogP contribution < -0.4 is 0 Å². The van der Waals surface area contributed by atoms with Gasteiger partial charge in [-0.05, 0) is 0 Å². The molecule has 2 N–H and O–H groups in total. The third-order valence-corrected chi connectivity index (χ3v) is 3.06. The smallest absolute Gasteiger partial charge is 0.394 e. The lowest BCUT2D eigenvalue weighted by atomic mass is 9.93. The SMILES string of the molecule is [B][C@@H]1O[C@H](CO)C2OP(=O)(O)OC21. The van der Waals surface area contributed by atoms with Gasteiger partial charge in [0.15, 0.2) is 0 Å². The van der Waals surface area contributed by atoms with Gasteiger partial charge in [-0.15, -0.1) is 0 Å². The van der Waals surface area contributed by atoms with Crippen molar-refractivity contribution in [3.8, 4) is 0 Å². The van der Waals surface area contributed by atoms with Gasteiger partial charge in [0.05, 0.1) is 6.61 Å². The van der Waals surface area contributed by atoms with Gasteiger partial charge < -0.3 is 14.7 Å². The Labute approximate surface area is 75.8 Å². The molecule has 8 heteroatoms. The van der Waals surface area contributed by atoms with Crippen molar-refractivity contribution in [1.82, 2.24) is 0 Å². The van der Waals surface area contributed by atoms with Crippen LogP contribution in [0.3, 0.4) is 0 Å². The minimum Gasteiger partial charge on any atom is -0.394 e. The van der Waals surface area contributed by atoms with Crippen LogP contribution >= 0.6 is 7.82 Å². The molecule has 2 aliphatic rings. The molecule has 13 heavy (non-hydrogen) atoms. The molecular formula is C5H8BO6P. The molecule has 0 saturated carbocycles. The number of fused-ring (bicyclic) bond motifs is 1. The summed E-state index contributed by atoms with van der Waals surface area (Å²) in [6, 6.07) is -0.829. The van der Waals surface area contributed by atoms with Crippen molar-refractivity contribution in [3.05, 3.63) is 0 Å². The second-order valence-electron chi connectivity index (χ2n) is 2.93. The molecule has 2 radical (unpaired) electrons. The van der Waals surface area contributed by atoms with E-state index in [4.69, 9.17) is 22.6 Å². The maximum atomic E-state index is 11.0. The number of aliphatic hydroxyl groups excluding tert-OH is 1. The van der Waals surface area contributed by atoms with Crippen LogP contribution in [0.1, 0.15) is 0 Å². The van der Waals surface area contributed by atoms with E-state index in [1.807, 2.05) is 0 Å². The summed E-state index contributed by atoms with van der Waals surface area (Å²) in [5, 5.41) is 8.81. The molecule has 0 spiro atoms. The summed E-state index contributed by atoms with van der Waals surface area (Å²) in [5.74, 6) is 0. The average molecular weight is 206 g/mol. The van der Waals surface area contributed by atoms with Crippen LogP contribution in [0.15, 0.2) is 0 Å². The lowest BCUT2D eigenvalue weighted by molar-refractivity contribution is -0.00316. The Hall–Kier alpha value is 0.0949. The predicted octanol–water partition coefficient (Wildman–Crippen LogP) is -1.24. The highest BCUT2D eigenvalue weighted by Gasteiger charge is 2.54. The highest BCUT2D eigenvalue weighted by atomic mass is 31.2. The van der Waals surface area contributed by atoms with E-state index in [0.29, 0.717) is 0 Å². The normalized spacial score (nSPS) is 55.2. The Morgan fingerprint density at radius 1 is 1.38 bits per heavy atom. The lowest BCUT2D eigenvalue weighted by Gasteiger charge is -2.13. The van der Waals surface area contributed by atoms with Gasteiger partial charge in [-0.3, -0.25) is 9.05 Å². The van der Waals surface area contributed by atoms with E-state index in [-0.39, 0.29) is 6.61 Å². The van der Waals surface area contributed by atoms with Crippen LogP contribution in [0.2, 0.25) is 0 Å². The molecule has 3 unspecified atom stereocenters. The molecular weight excluding hydrogens is 198 g/mol. The van der Waals surface area contributed by atoms with Crippen molar-refractivity contribution in [1.29, 1.82) is 0 Å². The maximum absolute atomic E-state index is 11.0. The van der Waals surface area contributed by atoms with Crippen molar-refractivity contribution in [2.45, 2.75) is 24.3 Å². The molecule has 2 rings (SSSR count). The Balaban J connectivity index is 2.17. The first-order valence-electron chi connectivity index (χ1n) is 3.75. The molecule has 72 valence electrons. The first-order valence-corrected chi connectivity index (χ1v) is 5.24. The fourth-order valence-electron chi connectivity index (χ4n) is 1.48. The number of rotatable bonds is 1. The quantitative estimate of drug-likeness (QED) is 0.412. The molecule has 0 amide bonds. The standard InChI is InChI=1S/C5H8BO6P/c6-5-4-3(2(1-7)10-5)11-13(8,9)12-4/h2-5,7H,1H2,(H,8,9)/t2-,3?,4?,5-/m1/s1. The summed E-state index contributed by atoms with van der Waals surface area (Å²) in [6.45, 7) is -0.321. The summed E-state index contributed by atoms with van der Waals surface area (Å²) in [7, 11) is 1.46. The van der Waals surface area contributed by atoms with Crippen molar-refractivity contribution in [2.75, 3.05) is 6.61 Å². The number of ether oxygens (including phenoxy) is 1. The predicted molar refractivity (Wildman–Crippen MR) is 41.1 cm³/mol. The number of hydrogen-bond acceptors (Lipinski definition) is 5. The van der Waals surface area contributed by atoms with E-state index in [0.717, 1.165) is 0 Å². The topological polar surface area (TPSA) is 85.2 Å². The highest BCUT2D eigenvalue weighted by Crippen LogP contribution is 2.56. The van der Waals surface area contributed by atoms with Crippen LogP contribution in [0, 0.1) is 0 Å². The molecule has 6 nitrogen and oxygen atoms in total. The highest BCUT2D eigenvalue weighted by molar-refractivity contribution is 7.47. The van der Waals surface area contributed by atoms with Crippen molar-refractivity contribution in [2.24, 2.45) is 0 Å². The van der Waals surface area contributed by atoms with Crippen LogP contribution in [0.25, 0.3) is 0 Å². The number of hydrogen-bond donors (Lipinski definition) is 2. The number of phosphoric acid groups is 1. The van der Waals surface area contributed by atoms with Crippen molar-refractivity contribution in [3.63, 3.8) is 0 Å². The van der Waals surface area contributed by atoms with Gasteiger partial charge in [0, 0.05) is 6.00 Å². The van der Waals surface area contributed by atoms with Gasteiger partial charge >= 0.3 is 7.82 Å². The Kier molecular flexibility index (Phi) is 2.26. The fourth-order valence-corrected chi connectivity index (χ4v) is 2.64. The van der Waals surface area contributed by atoms with Crippen molar-refractivity contribution >= 4 is 15.7 Å². The van der Waals surface area contributed by atoms with Crippen LogP contribution in [-0.4, -0.2) is 48.8 Å². The first kappa shape index (κ1) is 9.64. The second kappa shape index (κ2) is 3.05. The summed E-state index contributed by atoms with van der Waals surface area (Å²) < 4.78 is 25.3. The fraction of sp³-hybridized carbons (Fsp3) is 1.00. The van der Waals surface area contributed by atoms with Crippen LogP contribution in [0.5, 0.6) is 0 Å². The zero-order valence-corrected chi connectivity index (χ0v) is 7.46. The molecule has 5 atom stereocenters. The Morgan fingerprint density at radius 2 is 2.00 bits per heavy atom. The summed E-state index contributed by atoms with van der Waals surface area (Å²) in [5.41, 5.74) is 0. The van der Waals surface area contributed by atoms with Crippen LogP contribution in [-0.2, 0) is 18.3 Å². The molecule has 2 aliphatic heterocycles. The van der Waals surface area contributed by atoms with E-state index in [1.165, 1.54) is 0 Å². The van der Waals surface area contributed by atoms with Gasteiger partial charge in [-0.25, -0.2) is 4.57 Å². The van der Waals surface area contributed by atoms with Gasteiger partial charge in [0.1, 0.15) is 26.2 Å². The molecule has 0 aliphatic carbocycles. The van der Waals surface area contributed by atoms with E-state index in [2.05, 4.69) is 9.05 Å². The van der Waals surface area contributed by atoms with Crippen molar-refractivity contribution < 1.29 is 28.3 Å². The third kappa shape index (κ3) is 1.56. The maximum Gasteiger partial charge on any atom is 0.473 e. The summed E-state index contributed by atoms with van der Waals surface area (Å²) in [4.78, 5) is 8.95. The Bertz CT molecular complexity index is 259. The minimum atomic E-state index is -3.98. The van der Waals surface area contributed by atoms with Gasteiger partial charge in [-0.2, -0.15) is 0 Å². The third-order valence-electron chi connectivity index (χ3n) is 2.04. The van der Waals surface area contributed by atoms with Crippen LogP contribution in [0.4, 0.5) is 0 Å². The molecule has 2 fully saturated rings. The van der Waals surface area contributed by atoms with Gasteiger partial charge in [0.25, 0.3) is 0 Å². The molecule has 0 aromatic carbocycles. The summed E-state index contributed by atoms with van der Waals surface area (Å²) >= 11 is 0. The molecule has 0 aromatic rings. The first-order chi connectivity index (χ1) is 6.03. The van der Waals surface area contributed by atoms with E-state index in [1.54, 1.807) is 0 Å². The largest absolute Gasteiger partial charge is 0.473 e. The Morgan fingerprint density at radius 3 is 2.62 bits per heavy atom. The summed E-state index contributed by atoms with van der Waals surface area (Å²) in [6.07, 6.45) is -2.22. The second-order valence-corrected chi connectivity index (χ2v) is 4.29. The number of aliphatic hydroxyl groups is 1.